The van der Waals surface area contributed by atoms with E-state index in [2.05, 4.69) is 5.32 Å². The standard InChI is InChI=1S/C24H24N2O5S/c1-16-9-12-19(13-10-16)32(30,31)26(22-14-17(2)8-11-18(22)3)15-23(27)25-21-7-5-4-6-20(21)24(28)29/h4-14H,15H2,1-3H3,(H,25,27)(H,28,29). The van der Waals surface area contributed by atoms with Crippen molar-refractivity contribution in [3.05, 3.63) is 89.0 Å². The molecule has 32 heavy (non-hydrogen) atoms. The first-order chi connectivity index (χ1) is 15.1. The van der Waals surface area contributed by atoms with Crippen molar-refractivity contribution in [2.24, 2.45) is 0 Å². The van der Waals surface area contributed by atoms with Crippen molar-refractivity contribution in [1.29, 1.82) is 0 Å². The molecule has 166 valence electrons. The summed E-state index contributed by atoms with van der Waals surface area (Å²) < 4.78 is 28.1. The molecule has 0 bridgehead atoms. The number of anilines is 2. The fraction of sp³-hybridized carbons (Fsp3) is 0.167. The summed E-state index contributed by atoms with van der Waals surface area (Å²) in [5.41, 5.74) is 2.83. The first-order valence-electron chi connectivity index (χ1n) is 9.88. The Kier molecular flexibility index (Phi) is 6.64. The van der Waals surface area contributed by atoms with E-state index in [0.717, 1.165) is 15.4 Å². The molecule has 0 unspecified atom stereocenters. The Labute approximate surface area is 187 Å². The van der Waals surface area contributed by atoms with E-state index < -0.39 is 28.4 Å². The molecule has 0 aliphatic heterocycles. The highest BCUT2D eigenvalue weighted by Gasteiger charge is 2.28. The molecule has 0 heterocycles. The number of carboxylic acids is 1. The summed E-state index contributed by atoms with van der Waals surface area (Å²) in [5, 5.41) is 11.9. The van der Waals surface area contributed by atoms with Gasteiger partial charge in [-0.1, -0.05) is 42.0 Å². The zero-order valence-corrected chi connectivity index (χ0v) is 18.8. The van der Waals surface area contributed by atoms with Crippen LogP contribution in [0.15, 0.2) is 71.6 Å². The minimum Gasteiger partial charge on any atom is -0.478 e. The van der Waals surface area contributed by atoms with Crippen molar-refractivity contribution >= 4 is 33.3 Å². The van der Waals surface area contributed by atoms with Gasteiger partial charge in [0.25, 0.3) is 10.0 Å². The smallest absolute Gasteiger partial charge is 0.337 e. The van der Waals surface area contributed by atoms with Crippen LogP contribution in [0.1, 0.15) is 27.0 Å². The maximum atomic E-state index is 13.5. The number of aromatic carboxylic acids is 1. The lowest BCUT2D eigenvalue weighted by Crippen LogP contribution is -2.38. The van der Waals surface area contributed by atoms with Crippen LogP contribution in [0, 0.1) is 20.8 Å². The van der Waals surface area contributed by atoms with Gasteiger partial charge in [-0.15, -0.1) is 0 Å². The van der Waals surface area contributed by atoms with Gasteiger partial charge < -0.3 is 10.4 Å². The predicted octanol–water partition coefficient (Wildman–Crippen LogP) is 4.14. The molecular formula is C24H24N2O5S. The van der Waals surface area contributed by atoms with Crippen molar-refractivity contribution in [2.75, 3.05) is 16.2 Å². The molecule has 0 saturated heterocycles. The van der Waals surface area contributed by atoms with Crippen LogP contribution >= 0.6 is 0 Å². The summed E-state index contributed by atoms with van der Waals surface area (Å²) >= 11 is 0. The number of sulfonamides is 1. The number of carbonyl (C=O) groups excluding carboxylic acids is 1. The summed E-state index contributed by atoms with van der Waals surface area (Å²) in [7, 11) is -4.07. The summed E-state index contributed by atoms with van der Waals surface area (Å²) in [6.45, 7) is 4.94. The minimum atomic E-state index is -4.07. The van der Waals surface area contributed by atoms with Gasteiger partial charge in [0.05, 0.1) is 21.8 Å². The van der Waals surface area contributed by atoms with E-state index in [-0.39, 0.29) is 16.1 Å². The molecule has 0 spiro atoms. The molecule has 0 aliphatic carbocycles. The molecule has 3 aromatic carbocycles. The largest absolute Gasteiger partial charge is 0.478 e. The van der Waals surface area contributed by atoms with Crippen molar-refractivity contribution in [2.45, 2.75) is 25.7 Å². The number of hydrogen-bond acceptors (Lipinski definition) is 4. The average molecular weight is 453 g/mol. The van der Waals surface area contributed by atoms with Crippen molar-refractivity contribution in [3.8, 4) is 0 Å². The van der Waals surface area contributed by atoms with E-state index in [9.17, 15) is 23.1 Å². The van der Waals surface area contributed by atoms with Gasteiger partial charge in [0.1, 0.15) is 6.54 Å². The van der Waals surface area contributed by atoms with Crippen LogP contribution in [0.2, 0.25) is 0 Å². The fourth-order valence-corrected chi connectivity index (χ4v) is 4.70. The Balaban J connectivity index is 2.02. The molecule has 2 N–H and O–H groups in total. The minimum absolute atomic E-state index is 0.0581. The Morgan fingerprint density at radius 2 is 1.53 bits per heavy atom. The molecule has 8 heteroatoms. The summed E-state index contributed by atoms with van der Waals surface area (Å²) in [6.07, 6.45) is 0. The van der Waals surface area contributed by atoms with E-state index in [0.29, 0.717) is 11.3 Å². The average Bonchev–Trinajstić information content (AvgIpc) is 2.74. The normalized spacial score (nSPS) is 11.1. The van der Waals surface area contributed by atoms with Crippen LogP contribution < -0.4 is 9.62 Å². The Bertz CT molecular complexity index is 1270. The molecule has 0 saturated carbocycles. The second kappa shape index (κ2) is 9.23. The number of benzene rings is 3. The van der Waals surface area contributed by atoms with Crippen LogP contribution in [0.3, 0.4) is 0 Å². The van der Waals surface area contributed by atoms with Gasteiger partial charge >= 0.3 is 5.97 Å². The van der Waals surface area contributed by atoms with Crippen LogP contribution in [-0.4, -0.2) is 31.9 Å². The third kappa shape index (κ3) is 4.97. The summed E-state index contributed by atoms with van der Waals surface area (Å²) in [4.78, 5) is 24.4. The number of para-hydroxylation sites is 1. The van der Waals surface area contributed by atoms with Gasteiger partial charge in [-0.05, 0) is 62.2 Å². The maximum absolute atomic E-state index is 13.5. The summed E-state index contributed by atoms with van der Waals surface area (Å²) in [6, 6.07) is 17.7. The van der Waals surface area contributed by atoms with Gasteiger partial charge in [0, 0.05) is 0 Å². The van der Waals surface area contributed by atoms with Crippen LogP contribution in [0.5, 0.6) is 0 Å². The number of nitrogens with one attached hydrogen (secondary N) is 1. The van der Waals surface area contributed by atoms with E-state index >= 15 is 0 Å². The van der Waals surface area contributed by atoms with Gasteiger partial charge in [-0.25, -0.2) is 13.2 Å². The van der Waals surface area contributed by atoms with Crippen LogP contribution in [0.4, 0.5) is 11.4 Å². The molecule has 0 aromatic heterocycles. The van der Waals surface area contributed by atoms with E-state index in [1.54, 1.807) is 43.3 Å². The Morgan fingerprint density at radius 3 is 2.19 bits per heavy atom. The molecule has 0 radical (unpaired) electrons. The topological polar surface area (TPSA) is 104 Å². The zero-order valence-electron chi connectivity index (χ0n) is 18.0. The fourth-order valence-electron chi connectivity index (χ4n) is 3.22. The SMILES string of the molecule is Cc1ccc(S(=O)(=O)N(CC(=O)Nc2ccccc2C(=O)O)c2cc(C)ccc2C)cc1. The van der Waals surface area contributed by atoms with E-state index in [4.69, 9.17) is 0 Å². The third-order valence-electron chi connectivity index (χ3n) is 4.96. The van der Waals surface area contributed by atoms with E-state index in [1.165, 1.54) is 24.3 Å². The molecule has 0 fully saturated rings. The molecular weight excluding hydrogens is 428 g/mol. The number of carboxylic acid groups (broad SMARTS) is 1. The third-order valence-corrected chi connectivity index (χ3v) is 6.74. The predicted molar refractivity (Wildman–Crippen MR) is 124 cm³/mol. The molecule has 0 atom stereocenters. The number of hydrogen-bond donors (Lipinski definition) is 2. The summed E-state index contributed by atoms with van der Waals surface area (Å²) in [5.74, 6) is -1.85. The molecule has 1 amide bonds. The molecule has 0 aliphatic rings. The second-order valence-electron chi connectivity index (χ2n) is 7.51. The van der Waals surface area contributed by atoms with Crippen LogP contribution in [0.25, 0.3) is 0 Å². The lowest BCUT2D eigenvalue weighted by atomic mass is 10.1. The highest BCUT2D eigenvalue weighted by Crippen LogP contribution is 2.28. The zero-order chi connectivity index (χ0) is 23.5. The number of carbonyl (C=O) groups is 2. The molecule has 7 nitrogen and oxygen atoms in total. The second-order valence-corrected chi connectivity index (χ2v) is 9.38. The monoisotopic (exact) mass is 452 g/mol. The van der Waals surface area contributed by atoms with Gasteiger partial charge in [0.2, 0.25) is 5.91 Å². The Morgan fingerprint density at radius 1 is 0.906 bits per heavy atom. The van der Waals surface area contributed by atoms with Crippen LogP contribution in [-0.2, 0) is 14.8 Å². The number of aryl methyl sites for hydroxylation is 3. The quantitative estimate of drug-likeness (QED) is 0.561. The molecule has 3 aromatic rings. The van der Waals surface area contributed by atoms with Gasteiger partial charge in [0.15, 0.2) is 0 Å². The van der Waals surface area contributed by atoms with Crippen molar-refractivity contribution in [3.63, 3.8) is 0 Å². The van der Waals surface area contributed by atoms with Gasteiger partial charge in [-0.2, -0.15) is 0 Å². The van der Waals surface area contributed by atoms with E-state index in [1.807, 2.05) is 19.9 Å². The van der Waals surface area contributed by atoms with Crippen molar-refractivity contribution < 1.29 is 23.1 Å². The highest BCUT2D eigenvalue weighted by atomic mass is 32.2. The highest BCUT2D eigenvalue weighted by molar-refractivity contribution is 7.92. The number of nitrogens with zero attached hydrogens (tertiary/aromatic N) is 1. The first-order valence-corrected chi connectivity index (χ1v) is 11.3. The number of amides is 1. The number of rotatable bonds is 7. The maximum Gasteiger partial charge on any atom is 0.337 e. The van der Waals surface area contributed by atoms with Crippen molar-refractivity contribution in [1.82, 2.24) is 0 Å². The lowest BCUT2D eigenvalue weighted by Gasteiger charge is -2.26. The Hall–Kier alpha value is -3.65. The van der Waals surface area contributed by atoms with Gasteiger partial charge in [-0.3, -0.25) is 9.10 Å². The first kappa shape index (κ1) is 23.0. The molecule has 3 rings (SSSR count). The lowest BCUT2D eigenvalue weighted by molar-refractivity contribution is -0.114.